The lowest BCUT2D eigenvalue weighted by atomic mass is 10.1. The molecule has 2 atom stereocenters. The van der Waals surface area contributed by atoms with E-state index in [-0.39, 0.29) is 17.9 Å². The van der Waals surface area contributed by atoms with Crippen LogP contribution in [0.5, 0.6) is 0 Å². The smallest absolute Gasteiger partial charge is 0.228 e. The molecule has 14 heavy (non-hydrogen) atoms. The fourth-order valence-electron chi connectivity index (χ4n) is 1.09. The molecule has 0 aliphatic heterocycles. The molecule has 78 valence electrons. The lowest BCUT2D eigenvalue weighted by Crippen LogP contribution is -2.39. The summed E-state index contributed by atoms with van der Waals surface area (Å²) >= 11 is 1.60. The van der Waals surface area contributed by atoms with Crippen molar-refractivity contribution < 1.29 is 4.79 Å². The highest BCUT2D eigenvalue weighted by Crippen LogP contribution is 2.20. The van der Waals surface area contributed by atoms with E-state index in [9.17, 15) is 4.79 Å². The summed E-state index contributed by atoms with van der Waals surface area (Å²) in [6.45, 7) is 4.28. The van der Waals surface area contributed by atoms with Gasteiger partial charge in [-0.1, -0.05) is 6.07 Å². The van der Waals surface area contributed by atoms with Gasteiger partial charge in [-0.25, -0.2) is 0 Å². The van der Waals surface area contributed by atoms with Gasteiger partial charge < -0.3 is 11.1 Å². The molecule has 0 aliphatic carbocycles. The minimum absolute atomic E-state index is 0.0462. The average molecular weight is 212 g/mol. The minimum atomic E-state index is -0.0796. The molecular formula is C10H16N2OS. The van der Waals surface area contributed by atoms with Gasteiger partial charge in [0.25, 0.3) is 0 Å². The predicted octanol–water partition coefficient (Wildman–Crippen LogP) is 1.32. The molecule has 3 nitrogen and oxygen atoms in total. The molecule has 0 aliphatic rings. The Kier molecular flexibility index (Phi) is 4.10. The summed E-state index contributed by atoms with van der Waals surface area (Å²) in [4.78, 5) is 12.7. The van der Waals surface area contributed by atoms with Crippen LogP contribution in [-0.2, 0) is 4.79 Å². The number of carbonyl (C=O) groups excluding carboxylic acids is 1. The van der Waals surface area contributed by atoms with Gasteiger partial charge in [-0.05, 0) is 25.3 Å². The van der Waals surface area contributed by atoms with Crippen LogP contribution in [0.4, 0.5) is 0 Å². The molecule has 0 spiro atoms. The van der Waals surface area contributed by atoms with Crippen LogP contribution < -0.4 is 11.1 Å². The second kappa shape index (κ2) is 5.12. The molecule has 3 N–H and O–H groups in total. The van der Waals surface area contributed by atoms with Gasteiger partial charge in [0.2, 0.25) is 5.91 Å². The molecule has 0 saturated carbocycles. The molecular weight excluding hydrogens is 196 g/mol. The van der Waals surface area contributed by atoms with Crippen LogP contribution in [0.3, 0.4) is 0 Å². The van der Waals surface area contributed by atoms with E-state index in [1.165, 1.54) is 0 Å². The van der Waals surface area contributed by atoms with E-state index in [1.807, 2.05) is 31.4 Å². The molecule has 4 heteroatoms. The minimum Gasteiger partial charge on any atom is -0.352 e. The first-order valence-corrected chi connectivity index (χ1v) is 5.57. The Hall–Kier alpha value is -0.870. The summed E-state index contributed by atoms with van der Waals surface area (Å²) in [7, 11) is 0. The Morgan fingerprint density at radius 1 is 1.64 bits per heavy atom. The highest BCUT2D eigenvalue weighted by atomic mass is 32.1. The van der Waals surface area contributed by atoms with E-state index < -0.39 is 0 Å². The topological polar surface area (TPSA) is 55.1 Å². The molecule has 0 bridgehead atoms. The zero-order chi connectivity index (χ0) is 10.6. The van der Waals surface area contributed by atoms with Gasteiger partial charge in [0.15, 0.2) is 0 Å². The quantitative estimate of drug-likeness (QED) is 0.790. The number of nitrogens with two attached hydrogens (primary N) is 1. The van der Waals surface area contributed by atoms with Crippen LogP contribution in [0.2, 0.25) is 0 Å². The van der Waals surface area contributed by atoms with E-state index in [0.717, 1.165) is 4.88 Å². The fourth-order valence-corrected chi connectivity index (χ4v) is 1.88. The van der Waals surface area contributed by atoms with E-state index in [0.29, 0.717) is 6.54 Å². The van der Waals surface area contributed by atoms with Gasteiger partial charge in [0, 0.05) is 17.5 Å². The Balaban J connectivity index is 2.53. The van der Waals surface area contributed by atoms with E-state index >= 15 is 0 Å². The first-order valence-electron chi connectivity index (χ1n) is 4.69. The van der Waals surface area contributed by atoms with Crippen molar-refractivity contribution in [3.8, 4) is 0 Å². The number of thiophene rings is 1. The third kappa shape index (κ3) is 2.82. The molecule has 0 fully saturated rings. The van der Waals surface area contributed by atoms with Gasteiger partial charge in [-0.3, -0.25) is 4.79 Å². The van der Waals surface area contributed by atoms with E-state index in [4.69, 9.17) is 5.73 Å². The van der Waals surface area contributed by atoms with Crippen molar-refractivity contribution in [2.75, 3.05) is 6.54 Å². The molecule has 1 rings (SSSR count). The summed E-state index contributed by atoms with van der Waals surface area (Å²) < 4.78 is 0. The van der Waals surface area contributed by atoms with Gasteiger partial charge in [-0.15, -0.1) is 11.3 Å². The van der Waals surface area contributed by atoms with Gasteiger partial charge in [-0.2, -0.15) is 0 Å². The monoisotopic (exact) mass is 212 g/mol. The third-order valence-electron chi connectivity index (χ3n) is 2.11. The summed E-state index contributed by atoms with van der Waals surface area (Å²) in [5.41, 5.74) is 5.43. The van der Waals surface area contributed by atoms with Crippen molar-refractivity contribution in [2.45, 2.75) is 25.8 Å². The van der Waals surface area contributed by atoms with Gasteiger partial charge in [0.05, 0.1) is 5.92 Å². The standard InChI is InChI=1S/C10H16N2OS/c1-7(6-11)12-10(13)8(2)9-4-3-5-14-9/h3-5,7-8H,6,11H2,1-2H3,(H,12,13)/t7-,8?/m1/s1. The summed E-state index contributed by atoms with van der Waals surface area (Å²) in [6.07, 6.45) is 0. The molecule has 1 unspecified atom stereocenters. The first kappa shape index (κ1) is 11.2. The summed E-state index contributed by atoms with van der Waals surface area (Å²) in [5, 5.41) is 4.84. The number of hydrogen-bond donors (Lipinski definition) is 2. The number of nitrogens with one attached hydrogen (secondary N) is 1. The number of amides is 1. The average Bonchev–Trinajstić information content (AvgIpc) is 2.69. The number of rotatable bonds is 4. The molecule has 1 amide bonds. The molecule has 1 aromatic heterocycles. The van der Waals surface area contributed by atoms with Crippen molar-refractivity contribution in [3.05, 3.63) is 22.4 Å². The van der Waals surface area contributed by atoms with Crippen LogP contribution >= 0.6 is 11.3 Å². The lowest BCUT2D eigenvalue weighted by Gasteiger charge is -2.14. The Labute approximate surface area is 88.3 Å². The first-order chi connectivity index (χ1) is 6.65. The Morgan fingerprint density at radius 2 is 2.36 bits per heavy atom. The van der Waals surface area contributed by atoms with Crippen LogP contribution in [0.15, 0.2) is 17.5 Å². The van der Waals surface area contributed by atoms with Crippen LogP contribution in [0.1, 0.15) is 24.6 Å². The second-order valence-electron chi connectivity index (χ2n) is 3.38. The second-order valence-corrected chi connectivity index (χ2v) is 4.36. The zero-order valence-electron chi connectivity index (χ0n) is 8.49. The predicted molar refractivity (Wildman–Crippen MR) is 59.4 cm³/mol. The summed E-state index contributed by atoms with van der Waals surface area (Å²) in [6, 6.07) is 3.97. The van der Waals surface area contributed by atoms with E-state index in [1.54, 1.807) is 11.3 Å². The largest absolute Gasteiger partial charge is 0.352 e. The van der Waals surface area contributed by atoms with Crippen LogP contribution in [0, 0.1) is 0 Å². The molecule has 0 radical (unpaired) electrons. The molecule has 1 heterocycles. The van der Waals surface area contributed by atoms with Gasteiger partial charge >= 0.3 is 0 Å². The van der Waals surface area contributed by atoms with Gasteiger partial charge in [0.1, 0.15) is 0 Å². The van der Waals surface area contributed by atoms with Crippen molar-refractivity contribution in [3.63, 3.8) is 0 Å². The maximum atomic E-state index is 11.7. The highest BCUT2D eigenvalue weighted by molar-refractivity contribution is 7.10. The van der Waals surface area contributed by atoms with Crippen molar-refractivity contribution in [1.82, 2.24) is 5.32 Å². The number of hydrogen-bond acceptors (Lipinski definition) is 3. The normalized spacial score (nSPS) is 14.8. The molecule has 1 aromatic rings. The Morgan fingerprint density at radius 3 is 2.86 bits per heavy atom. The fraction of sp³-hybridized carbons (Fsp3) is 0.500. The summed E-state index contributed by atoms with van der Waals surface area (Å²) in [5.74, 6) is -0.0330. The van der Waals surface area contributed by atoms with Crippen LogP contribution in [-0.4, -0.2) is 18.5 Å². The van der Waals surface area contributed by atoms with Crippen molar-refractivity contribution in [1.29, 1.82) is 0 Å². The maximum Gasteiger partial charge on any atom is 0.228 e. The maximum absolute atomic E-state index is 11.7. The highest BCUT2D eigenvalue weighted by Gasteiger charge is 2.16. The van der Waals surface area contributed by atoms with E-state index in [2.05, 4.69) is 5.32 Å². The molecule has 0 aromatic carbocycles. The SMILES string of the molecule is CC(C(=O)N[C@H](C)CN)c1cccs1. The zero-order valence-corrected chi connectivity index (χ0v) is 9.30. The lowest BCUT2D eigenvalue weighted by molar-refractivity contribution is -0.122. The van der Waals surface area contributed by atoms with Crippen LogP contribution in [0.25, 0.3) is 0 Å². The molecule has 0 saturated heterocycles. The van der Waals surface area contributed by atoms with Crippen molar-refractivity contribution in [2.24, 2.45) is 5.73 Å². The van der Waals surface area contributed by atoms with Crippen molar-refractivity contribution >= 4 is 17.2 Å². The Bertz CT molecular complexity index is 284. The number of carbonyl (C=O) groups is 1. The third-order valence-corrected chi connectivity index (χ3v) is 3.16.